The first-order valence-electron chi connectivity index (χ1n) is 7.64. The molecule has 0 bridgehead atoms. The molecule has 1 saturated heterocycles. The smallest absolute Gasteiger partial charge is 0.272 e. The van der Waals surface area contributed by atoms with E-state index in [1.165, 1.54) is 22.7 Å². The van der Waals surface area contributed by atoms with Crippen molar-refractivity contribution in [1.29, 1.82) is 0 Å². The Hall–Kier alpha value is -2.96. The Morgan fingerprint density at radius 1 is 1.25 bits per heavy atom. The van der Waals surface area contributed by atoms with Gasteiger partial charge in [-0.1, -0.05) is 12.1 Å². The number of nitrogens with one attached hydrogen (secondary N) is 1. The Labute approximate surface area is 136 Å². The average molecular weight is 326 g/mol. The Kier molecular flexibility index (Phi) is 3.23. The molecule has 3 aromatic rings. The molecule has 24 heavy (non-hydrogen) atoms. The molecular formula is C17H15FN4O2. The first-order chi connectivity index (χ1) is 11.5. The quantitative estimate of drug-likeness (QED) is 0.780. The van der Waals surface area contributed by atoms with E-state index >= 15 is 0 Å². The van der Waals surface area contributed by atoms with Gasteiger partial charge in [0.05, 0.1) is 5.69 Å². The number of aromatic nitrogens is 3. The van der Waals surface area contributed by atoms with Crippen LogP contribution in [-0.4, -0.2) is 39.0 Å². The third-order valence-corrected chi connectivity index (χ3v) is 4.43. The molecule has 4 rings (SSSR count). The summed E-state index contributed by atoms with van der Waals surface area (Å²) in [4.78, 5) is 30.4. The van der Waals surface area contributed by atoms with Crippen molar-refractivity contribution < 1.29 is 9.18 Å². The highest BCUT2D eigenvalue weighted by molar-refractivity contribution is 5.80. The molecule has 1 atom stereocenters. The van der Waals surface area contributed by atoms with Gasteiger partial charge in [-0.25, -0.2) is 13.9 Å². The van der Waals surface area contributed by atoms with Crippen molar-refractivity contribution in [2.75, 3.05) is 13.6 Å². The number of H-pyrrole nitrogens is 1. The number of rotatable bonds is 2. The molecule has 0 saturated carbocycles. The SMILES string of the molecule is CN1C[C@H](c2cc(=O)n3[nH]cc(-c4ccc(F)cc4)c3n2)CC1=O. The number of carbonyl (C=O) groups excluding carboxylic acids is 1. The highest BCUT2D eigenvalue weighted by atomic mass is 19.1. The van der Waals surface area contributed by atoms with Crippen molar-refractivity contribution in [2.45, 2.75) is 12.3 Å². The lowest BCUT2D eigenvalue weighted by atomic mass is 10.0. The molecular weight excluding hydrogens is 311 g/mol. The first kappa shape index (κ1) is 14.6. The number of carbonyl (C=O) groups is 1. The number of hydrogen-bond donors (Lipinski definition) is 1. The zero-order valence-corrected chi connectivity index (χ0v) is 13.0. The molecule has 3 heterocycles. The van der Waals surface area contributed by atoms with Gasteiger partial charge in [0.2, 0.25) is 5.91 Å². The molecule has 1 fully saturated rings. The maximum atomic E-state index is 13.1. The molecule has 1 amide bonds. The van der Waals surface area contributed by atoms with E-state index < -0.39 is 0 Å². The van der Waals surface area contributed by atoms with Crippen LogP contribution in [0, 0.1) is 5.82 Å². The van der Waals surface area contributed by atoms with Gasteiger partial charge in [-0.3, -0.25) is 14.7 Å². The van der Waals surface area contributed by atoms with Gasteiger partial charge in [-0.05, 0) is 17.7 Å². The van der Waals surface area contributed by atoms with E-state index in [0.717, 1.165) is 5.56 Å². The van der Waals surface area contributed by atoms with E-state index in [1.54, 1.807) is 30.3 Å². The maximum Gasteiger partial charge on any atom is 0.272 e. The van der Waals surface area contributed by atoms with Crippen LogP contribution >= 0.6 is 0 Å². The van der Waals surface area contributed by atoms with E-state index in [2.05, 4.69) is 10.1 Å². The summed E-state index contributed by atoms with van der Waals surface area (Å²) in [6.07, 6.45) is 2.03. The van der Waals surface area contributed by atoms with Crippen LogP contribution in [0.25, 0.3) is 16.8 Å². The number of halogens is 1. The van der Waals surface area contributed by atoms with Crippen LogP contribution in [0.15, 0.2) is 41.3 Å². The van der Waals surface area contributed by atoms with Crippen LogP contribution in [-0.2, 0) is 4.79 Å². The van der Waals surface area contributed by atoms with Crippen LogP contribution in [0.3, 0.4) is 0 Å². The largest absolute Gasteiger partial charge is 0.345 e. The molecule has 0 unspecified atom stereocenters. The van der Waals surface area contributed by atoms with Gasteiger partial charge in [0.25, 0.3) is 5.56 Å². The third kappa shape index (κ3) is 2.29. The number of aromatic amines is 1. The summed E-state index contributed by atoms with van der Waals surface area (Å²) in [5.74, 6) is -0.358. The number of hydrogen-bond acceptors (Lipinski definition) is 3. The highest BCUT2D eigenvalue weighted by Crippen LogP contribution is 2.28. The molecule has 2 aromatic heterocycles. The predicted molar refractivity (Wildman–Crippen MR) is 86.2 cm³/mol. The monoisotopic (exact) mass is 326 g/mol. The molecule has 1 aliphatic heterocycles. The van der Waals surface area contributed by atoms with Gasteiger partial charge in [0, 0.05) is 43.8 Å². The molecule has 0 radical (unpaired) electrons. The second-order valence-electron chi connectivity index (χ2n) is 6.05. The van der Waals surface area contributed by atoms with E-state index in [9.17, 15) is 14.0 Å². The number of nitrogens with zero attached hydrogens (tertiary/aromatic N) is 3. The summed E-state index contributed by atoms with van der Waals surface area (Å²) in [5, 5.41) is 2.88. The van der Waals surface area contributed by atoms with Crippen LogP contribution in [0.2, 0.25) is 0 Å². The number of amides is 1. The fourth-order valence-corrected chi connectivity index (χ4v) is 3.11. The summed E-state index contributed by atoms with van der Waals surface area (Å²) >= 11 is 0. The second-order valence-corrected chi connectivity index (χ2v) is 6.05. The summed E-state index contributed by atoms with van der Waals surface area (Å²) in [6.45, 7) is 0.553. The van der Waals surface area contributed by atoms with Gasteiger partial charge in [-0.15, -0.1) is 0 Å². The highest BCUT2D eigenvalue weighted by Gasteiger charge is 2.29. The number of likely N-dealkylation sites (tertiary alicyclic amines) is 1. The minimum Gasteiger partial charge on any atom is -0.345 e. The maximum absolute atomic E-state index is 13.1. The standard InChI is InChI=1S/C17H15FN4O2/c1-21-9-11(6-15(21)23)14-7-16(24)22-17(20-14)13(8-19-22)10-2-4-12(18)5-3-10/h2-5,7-8,11,19H,6,9H2,1H3/t11-/m1/s1. The number of fused-ring (bicyclic) bond motifs is 1. The van der Waals surface area contributed by atoms with Crippen LogP contribution in [0.5, 0.6) is 0 Å². The van der Waals surface area contributed by atoms with E-state index in [4.69, 9.17) is 0 Å². The van der Waals surface area contributed by atoms with Crippen molar-refractivity contribution in [3.63, 3.8) is 0 Å². The van der Waals surface area contributed by atoms with E-state index in [-0.39, 0.29) is 23.2 Å². The topological polar surface area (TPSA) is 70.5 Å². The molecule has 1 aromatic carbocycles. The van der Waals surface area contributed by atoms with Crippen molar-refractivity contribution in [3.8, 4) is 11.1 Å². The summed E-state index contributed by atoms with van der Waals surface area (Å²) < 4.78 is 14.5. The average Bonchev–Trinajstić information content (AvgIpc) is 3.13. The van der Waals surface area contributed by atoms with Gasteiger partial charge >= 0.3 is 0 Å². The summed E-state index contributed by atoms with van der Waals surface area (Å²) in [7, 11) is 1.74. The molecule has 122 valence electrons. The Morgan fingerprint density at radius 3 is 2.67 bits per heavy atom. The normalized spacial score (nSPS) is 17.8. The van der Waals surface area contributed by atoms with Crippen LogP contribution < -0.4 is 5.56 Å². The lowest BCUT2D eigenvalue weighted by Gasteiger charge is -2.10. The van der Waals surface area contributed by atoms with Gasteiger partial charge in [-0.2, -0.15) is 0 Å². The van der Waals surface area contributed by atoms with Crippen molar-refractivity contribution in [2.24, 2.45) is 0 Å². The van der Waals surface area contributed by atoms with Crippen molar-refractivity contribution >= 4 is 11.6 Å². The Morgan fingerprint density at radius 2 is 2.00 bits per heavy atom. The molecule has 6 nitrogen and oxygen atoms in total. The van der Waals surface area contributed by atoms with E-state index in [1.807, 2.05) is 0 Å². The zero-order valence-electron chi connectivity index (χ0n) is 13.0. The minimum atomic E-state index is -0.322. The predicted octanol–water partition coefficient (Wildman–Crippen LogP) is 1.77. The van der Waals surface area contributed by atoms with Gasteiger partial charge < -0.3 is 4.90 Å². The van der Waals surface area contributed by atoms with E-state index in [0.29, 0.717) is 29.9 Å². The lowest BCUT2D eigenvalue weighted by Crippen LogP contribution is -2.20. The second kappa shape index (κ2) is 5.30. The van der Waals surface area contributed by atoms with Crippen LogP contribution in [0.4, 0.5) is 4.39 Å². The molecule has 1 N–H and O–H groups in total. The fourth-order valence-electron chi connectivity index (χ4n) is 3.11. The third-order valence-electron chi connectivity index (χ3n) is 4.43. The summed E-state index contributed by atoms with van der Waals surface area (Å²) in [6, 6.07) is 7.49. The van der Waals surface area contributed by atoms with Crippen LogP contribution in [0.1, 0.15) is 18.0 Å². The zero-order chi connectivity index (χ0) is 16.8. The molecule has 0 spiro atoms. The van der Waals surface area contributed by atoms with Crippen molar-refractivity contribution in [3.05, 3.63) is 58.4 Å². The number of benzene rings is 1. The van der Waals surface area contributed by atoms with Gasteiger partial charge in [0.1, 0.15) is 5.82 Å². The minimum absolute atomic E-state index is 0.0508. The fraction of sp³-hybridized carbons (Fsp3) is 0.235. The lowest BCUT2D eigenvalue weighted by molar-refractivity contribution is -0.126. The first-order valence-corrected chi connectivity index (χ1v) is 7.64. The Balaban J connectivity index is 1.84. The Bertz CT molecular complexity index is 990. The van der Waals surface area contributed by atoms with Gasteiger partial charge in [0.15, 0.2) is 5.65 Å². The van der Waals surface area contributed by atoms with Crippen molar-refractivity contribution in [1.82, 2.24) is 19.5 Å². The molecule has 7 heteroatoms. The molecule has 1 aliphatic rings. The number of likely N-dealkylation sites (N-methyl/N-ethyl adjacent to an activating group) is 1. The summed E-state index contributed by atoms with van der Waals surface area (Å²) in [5.41, 5.74) is 2.34. The molecule has 0 aliphatic carbocycles.